The van der Waals surface area contributed by atoms with Crippen LogP contribution in [-0.4, -0.2) is 12.6 Å². The molecule has 0 aromatic carbocycles. The minimum Gasteiger partial charge on any atom is -0.466 e. The van der Waals surface area contributed by atoms with Gasteiger partial charge in [0.25, 0.3) is 0 Å². The second-order valence-corrected chi connectivity index (χ2v) is 33.4. The second-order valence-electron chi connectivity index (χ2n) is 33.4. The van der Waals surface area contributed by atoms with Gasteiger partial charge in [0.1, 0.15) is 0 Å². The van der Waals surface area contributed by atoms with Crippen LogP contribution in [0.4, 0.5) is 0 Å². The lowest BCUT2D eigenvalue weighted by Gasteiger charge is -1.89. The molecule has 0 saturated carbocycles. The Hall–Kier alpha value is -0.530. The van der Waals surface area contributed by atoms with Crippen molar-refractivity contribution in [2.75, 3.05) is 6.61 Å². The lowest BCUT2D eigenvalue weighted by molar-refractivity contribution is -0.140. The molecule has 2 heteroatoms. The molecule has 0 spiro atoms. The molecule has 0 saturated heterocycles. The van der Waals surface area contributed by atoms with Crippen molar-refractivity contribution in [1.29, 1.82) is 0 Å². The van der Waals surface area contributed by atoms with Gasteiger partial charge in [-0.1, -0.05) is 751 Å². The summed E-state index contributed by atoms with van der Waals surface area (Å²) < 4.78 is 4.40. The Balaban J connectivity index is -0.0000000487. The first-order chi connectivity index (χ1) is 58.1. The average molecular weight is 1730 g/mol. The van der Waals surface area contributed by atoms with Crippen LogP contribution in [-0.2, 0) is 9.53 Å². The summed E-state index contributed by atoms with van der Waals surface area (Å²) in [4.78, 5) is 9.82. The topological polar surface area (TPSA) is 26.3 Å². The Kier molecular flexibility index (Phi) is 357. The molecular formula is C118H274O2. The molecule has 120 heavy (non-hydrogen) atoms. The van der Waals surface area contributed by atoms with Gasteiger partial charge in [0.15, 0.2) is 0 Å². The molecular weight excluding hydrogens is 1450 g/mol. The molecule has 0 atom stereocenters. The predicted molar refractivity (Wildman–Crippen MR) is 589 cm³/mol. The Morgan fingerprint density at radius 2 is 0.150 bits per heavy atom. The normalized spacial score (nSPS) is 8.93. The second kappa shape index (κ2) is 252. The molecule has 0 aliphatic heterocycles. The number of unbranched alkanes of at least 4 members (excludes halogenated alkanes) is 57. The van der Waals surface area contributed by atoms with E-state index >= 15 is 0 Å². The molecule has 0 aromatic heterocycles. The molecule has 0 bridgehead atoms. The highest BCUT2D eigenvalue weighted by Gasteiger charge is 1.86. The van der Waals surface area contributed by atoms with E-state index in [1.807, 2.05) is 0 Å². The molecule has 0 aromatic rings. The van der Waals surface area contributed by atoms with Crippen LogP contribution in [0.25, 0.3) is 0 Å². The molecule has 0 aliphatic rings. The first-order valence-corrected chi connectivity index (χ1v) is 57.3. The van der Waals surface area contributed by atoms with Crippen molar-refractivity contribution < 1.29 is 9.53 Å². The van der Waals surface area contributed by atoms with Gasteiger partial charge in [-0.2, -0.15) is 0 Å². The van der Waals surface area contributed by atoms with Crippen molar-refractivity contribution in [3.8, 4) is 0 Å². The van der Waals surface area contributed by atoms with Gasteiger partial charge in [-0.25, -0.2) is 0 Å². The van der Waals surface area contributed by atoms with Crippen LogP contribution in [0.3, 0.4) is 0 Å². The van der Waals surface area contributed by atoms with Crippen LogP contribution in [0.2, 0.25) is 0 Å². The minimum absolute atomic E-state index is 0.211. The first-order valence-electron chi connectivity index (χ1n) is 57.3. The lowest BCUT2D eigenvalue weighted by atomic mass is 10.2. The zero-order valence-corrected chi connectivity index (χ0v) is 95.8. The van der Waals surface area contributed by atoms with E-state index in [2.05, 4.69) is 268 Å². The zero-order chi connectivity index (χ0) is 96.7. The number of ether oxygens (including phenoxy) is 1. The van der Waals surface area contributed by atoms with Crippen molar-refractivity contribution in [2.45, 2.75) is 765 Å². The van der Waals surface area contributed by atoms with Crippen LogP contribution in [0.1, 0.15) is 765 Å². The zero-order valence-electron chi connectivity index (χ0n) is 95.8. The van der Waals surface area contributed by atoms with Gasteiger partial charge >= 0.3 is 5.97 Å². The van der Waals surface area contributed by atoms with Crippen LogP contribution in [0.15, 0.2) is 0 Å². The fourth-order valence-electron chi connectivity index (χ4n) is 9.70. The Morgan fingerprint density at radius 1 is 0.108 bits per heavy atom. The van der Waals surface area contributed by atoms with E-state index < -0.39 is 0 Å². The summed E-state index contributed by atoms with van der Waals surface area (Å²) >= 11 is 0. The molecule has 0 rings (SSSR count). The highest BCUT2D eigenvalue weighted by molar-refractivity contribution is 5.65. The van der Waals surface area contributed by atoms with Gasteiger partial charge < -0.3 is 4.74 Å². The largest absolute Gasteiger partial charge is 0.466 e. The summed E-state index contributed by atoms with van der Waals surface area (Å²) in [6.45, 7) is 88.5. The van der Waals surface area contributed by atoms with E-state index in [-0.39, 0.29) is 5.97 Å². The van der Waals surface area contributed by atoms with Gasteiger partial charge in [-0.05, 0) is 6.92 Å². The molecule has 0 unspecified atom stereocenters. The molecule has 0 radical (unpaired) electrons. The van der Waals surface area contributed by atoms with E-state index in [1.165, 1.54) is 495 Å². The molecule has 0 aliphatic carbocycles. The number of rotatable bonds is 58. The fourth-order valence-corrected chi connectivity index (χ4v) is 9.70. The van der Waals surface area contributed by atoms with Gasteiger partial charge in [-0.15, -0.1) is 0 Å². The average Bonchev–Trinajstić information content (AvgIpc) is 1.73. The van der Waals surface area contributed by atoms with Gasteiger partial charge in [0, 0.05) is 6.92 Å². The third-order valence-corrected chi connectivity index (χ3v) is 18.5. The van der Waals surface area contributed by atoms with Crippen LogP contribution >= 0.6 is 0 Å². The van der Waals surface area contributed by atoms with E-state index in [0.29, 0.717) is 6.61 Å². The van der Waals surface area contributed by atoms with Crippen molar-refractivity contribution in [3.63, 3.8) is 0 Å². The Bertz CT molecular complexity index is 686. The van der Waals surface area contributed by atoms with Crippen LogP contribution in [0, 0.1) is 0 Å². The number of carbonyl (C=O) groups excluding carboxylic acids is 1. The van der Waals surface area contributed by atoms with Gasteiger partial charge in [-0.3, -0.25) is 4.79 Å². The molecule has 0 heterocycles. The standard InChI is InChI=1S/19C6H14.C4H8O2/c19*1-3-5-6-4-2;1-3-6-4(2)5/h19*3-6H2,1-2H3;3H2,1-2H3. The quantitative estimate of drug-likeness (QED) is 0.0448. The summed E-state index contributed by atoms with van der Waals surface area (Å²) in [5.74, 6) is -0.211. The summed E-state index contributed by atoms with van der Waals surface area (Å²) in [5.41, 5.74) is 0. The third kappa shape index (κ3) is 451. The summed E-state index contributed by atoms with van der Waals surface area (Å²) in [6.07, 6.45) is 105. The number of carbonyl (C=O) groups is 1. The van der Waals surface area contributed by atoms with Crippen molar-refractivity contribution in [1.82, 2.24) is 0 Å². The van der Waals surface area contributed by atoms with Gasteiger partial charge in [0.05, 0.1) is 6.61 Å². The molecule has 2 nitrogen and oxygen atoms in total. The maximum Gasteiger partial charge on any atom is 0.302 e. The molecule has 0 fully saturated rings. The van der Waals surface area contributed by atoms with Gasteiger partial charge in [0.2, 0.25) is 0 Å². The summed E-state index contributed by atoms with van der Waals surface area (Å²) in [6, 6.07) is 0. The van der Waals surface area contributed by atoms with Crippen LogP contribution < -0.4 is 0 Å². The van der Waals surface area contributed by atoms with E-state index in [1.54, 1.807) is 6.92 Å². The number of hydrogen-bond acceptors (Lipinski definition) is 2. The minimum atomic E-state index is -0.211. The Labute approximate surface area is 782 Å². The van der Waals surface area contributed by atoms with Crippen molar-refractivity contribution >= 4 is 5.97 Å². The van der Waals surface area contributed by atoms with E-state index in [4.69, 9.17) is 0 Å². The summed E-state index contributed by atoms with van der Waals surface area (Å²) in [7, 11) is 0. The number of esters is 1. The van der Waals surface area contributed by atoms with Crippen molar-refractivity contribution in [2.24, 2.45) is 0 Å². The highest BCUT2D eigenvalue weighted by Crippen LogP contribution is 2.05. The van der Waals surface area contributed by atoms with Crippen molar-refractivity contribution in [3.05, 3.63) is 0 Å². The fraction of sp³-hybridized carbons (Fsp3) is 0.992. The Morgan fingerprint density at radius 3 is 0.158 bits per heavy atom. The maximum absolute atomic E-state index is 9.82. The number of hydrogen-bond donors (Lipinski definition) is 0. The lowest BCUT2D eigenvalue weighted by Crippen LogP contribution is -1.95. The van der Waals surface area contributed by atoms with Crippen LogP contribution in [0.5, 0.6) is 0 Å². The summed E-state index contributed by atoms with van der Waals surface area (Å²) in [5, 5.41) is 0. The smallest absolute Gasteiger partial charge is 0.302 e. The molecule has 758 valence electrons. The maximum atomic E-state index is 9.82. The highest BCUT2D eigenvalue weighted by atomic mass is 16.5. The third-order valence-electron chi connectivity index (χ3n) is 18.5. The first kappa shape index (κ1) is 169. The monoisotopic (exact) mass is 1720 g/mol. The van der Waals surface area contributed by atoms with E-state index in [9.17, 15) is 4.79 Å². The predicted octanol–water partition coefficient (Wildman–Crippen LogP) is 49.7. The van der Waals surface area contributed by atoms with E-state index in [0.717, 1.165) is 0 Å². The SMILES string of the molecule is CCCCCC.CCCCCC.CCCCCC.CCCCCC.CCCCCC.CCCCCC.CCCCCC.CCCCCC.CCCCCC.CCCCCC.CCCCCC.CCCCCC.CCCCCC.CCCCCC.CCCCCC.CCCCCC.CCCCCC.CCCCCC.CCCCCC.CCOC(C)=O. The molecule has 0 N–H and O–H groups in total. The molecule has 0 amide bonds.